The summed E-state index contributed by atoms with van der Waals surface area (Å²) in [7, 11) is 1.67. The number of allylic oxidation sites excluding steroid dienone is 1. The van der Waals surface area contributed by atoms with Gasteiger partial charge in [0.1, 0.15) is 0 Å². The minimum Gasteiger partial charge on any atom is -0.493 e. The molecule has 0 aromatic heterocycles. The maximum Gasteiger partial charge on any atom is 0.161 e. The number of methoxy groups -OCH3 is 1. The summed E-state index contributed by atoms with van der Waals surface area (Å²) in [6.45, 7) is 10.1. The zero-order valence-corrected chi connectivity index (χ0v) is 13.3. The van der Waals surface area contributed by atoms with Gasteiger partial charge in [-0.05, 0) is 58.4 Å². The highest BCUT2D eigenvalue weighted by Crippen LogP contribution is 2.28. The largest absolute Gasteiger partial charge is 0.493 e. The molecule has 0 aliphatic rings. The molecule has 0 aliphatic carbocycles. The summed E-state index contributed by atoms with van der Waals surface area (Å²) in [5.74, 6) is 1.58. The van der Waals surface area contributed by atoms with Gasteiger partial charge in [-0.2, -0.15) is 0 Å². The zero-order chi connectivity index (χ0) is 15.0. The Balaban J connectivity index is 2.47. The molecule has 1 N–H and O–H groups in total. The van der Waals surface area contributed by atoms with E-state index in [1.54, 1.807) is 7.11 Å². The molecule has 0 atom stereocenters. The topological polar surface area (TPSA) is 30.5 Å². The predicted octanol–water partition coefficient (Wildman–Crippen LogP) is 3.89. The van der Waals surface area contributed by atoms with E-state index in [1.165, 1.54) is 0 Å². The Kier molecular flexibility index (Phi) is 6.59. The van der Waals surface area contributed by atoms with Crippen LogP contribution in [0.5, 0.6) is 11.5 Å². The van der Waals surface area contributed by atoms with Crippen molar-refractivity contribution in [3.63, 3.8) is 0 Å². The van der Waals surface area contributed by atoms with E-state index in [1.807, 2.05) is 37.3 Å². The van der Waals surface area contributed by atoms with Gasteiger partial charge in [0.2, 0.25) is 0 Å². The van der Waals surface area contributed by atoms with Gasteiger partial charge in [0.15, 0.2) is 11.5 Å². The third kappa shape index (κ3) is 6.11. The predicted molar refractivity (Wildman–Crippen MR) is 85.6 cm³/mol. The van der Waals surface area contributed by atoms with Crippen LogP contribution in [0.15, 0.2) is 24.3 Å². The molecule has 0 fully saturated rings. The van der Waals surface area contributed by atoms with Crippen LogP contribution in [-0.2, 0) is 0 Å². The van der Waals surface area contributed by atoms with Crippen LogP contribution < -0.4 is 14.8 Å². The molecule has 0 saturated carbocycles. The van der Waals surface area contributed by atoms with Gasteiger partial charge in [-0.3, -0.25) is 0 Å². The Bertz CT molecular complexity index is 433. The van der Waals surface area contributed by atoms with Gasteiger partial charge >= 0.3 is 0 Å². The first-order valence-corrected chi connectivity index (χ1v) is 7.15. The standard InChI is InChI=1S/C17H27NO2/c1-6-8-14-9-10-15(16(13-14)19-5)20-12-7-11-18-17(2,3)4/h6,8-10,13,18H,7,11-12H2,1-5H3. The molecule has 0 spiro atoms. The maximum atomic E-state index is 5.79. The molecule has 1 rings (SSSR count). The van der Waals surface area contributed by atoms with Gasteiger partial charge in [-0.1, -0.05) is 18.2 Å². The number of nitrogens with one attached hydrogen (secondary N) is 1. The highest BCUT2D eigenvalue weighted by molar-refractivity contribution is 5.55. The molecular weight excluding hydrogens is 250 g/mol. The van der Waals surface area contributed by atoms with Crippen LogP contribution in [0, 0.1) is 0 Å². The van der Waals surface area contributed by atoms with Gasteiger partial charge in [-0.25, -0.2) is 0 Å². The molecule has 3 heteroatoms. The molecule has 1 aromatic rings. The lowest BCUT2D eigenvalue weighted by Crippen LogP contribution is -2.36. The summed E-state index contributed by atoms with van der Waals surface area (Å²) in [5.41, 5.74) is 1.28. The van der Waals surface area contributed by atoms with E-state index in [9.17, 15) is 0 Å². The first kappa shape index (κ1) is 16.6. The molecule has 0 heterocycles. The summed E-state index contributed by atoms with van der Waals surface area (Å²) in [4.78, 5) is 0. The summed E-state index contributed by atoms with van der Waals surface area (Å²) >= 11 is 0. The second-order valence-electron chi connectivity index (χ2n) is 5.79. The fourth-order valence-electron chi connectivity index (χ4n) is 1.82. The zero-order valence-electron chi connectivity index (χ0n) is 13.3. The average molecular weight is 277 g/mol. The van der Waals surface area contributed by atoms with E-state index < -0.39 is 0 Å². The average Bonchev–Trinajstić information content (AvgIpc) is 2.38. The van der Waals surface area contributed by atoms with E-state index in [4.69, 9.17) is 9.47 Å². The van der Waals surface area contributed by atoms with E-state index in [0.717, 1.165) is 30.0 Å². The lowest BCUT2D eigenvalue weighted by atomic mass is 10.1. The third-order valence-electron chi connectivity index (χ3n) is 2.78. The van der Waals surface area contributed by atoms with Crippen molar-refractivity contribution in [1.82, 2.24) is 5.32 Å². The monoisotopic (exact) mass is 277 g/mol. The summed E-state index contributed by atoms with van der Waals surface area (Å²) < 4.78 is 11.2. The van der Waals surface area contributed by atoms with Crippen molar-refractivity contribution in [2.45, 2.75) is 39.7 Å². The van der Waals surface area contributed by atoms with E-state index in [-0.39, 0.29) is 5.54 Å². The number of ether oxygens (including phenoxy) is 2. The van der Waals surface area contributed by atoms with Gasteiger partial charge in [0.25, 0.3) is 0 Å². The fraction of sp³-hybridized carbons (Fsp3) is 0.529. The molecular formula is C17H27NO2. The van der Waals surface area contributed by atoms with Crippen LogP contribution in [0.3, 0.4) is 0 Å². The first-order chi connectivity index (χ1) is 9.46. The molecule has 0 amide bonds. The van der Waals surface area contributed by atoms with Crippen molar-refractivity contribution in [3.8, 4) is 11.5 Å². The van der Waals surface area contributed by atoms with Gasteiger partial charge in [-0.15, -0.1) is 0 Å². The normalized spacial score (nSPS) is 11.8. The maximum absolute atomic E-state index is 5.79. The molecule has 0 radical (unpaired) electrons. The first-order valence-electron chi connectivity index (χ1n) is 7.15. The number of hydrogen-bond donors (Lipinski definition) is 1. The second kappa shape index (κ2) is 7.95. The Morgan fingerprint density at radius 1 is 1.20 bits per heavy atom. The van der Waals surface area contributed by atoms with Crippen molar-refractivity contribution >= 4 is 6.08 Å². The number of benzene rings is 1. The molecule has 112 valence electrons. The van der Waals surface area contributed by atoms with Crippen LogP contribution in [0.25, 0.3) is 6.08 Å². The minimum atomic E-state index is 0.159. The Morgan fingerprint density at radius 3 is 2.55 bits per heavy atom. The van der Waals surface area contributed by atoms with Crippen molar-refractivity contribution < 1.29 is 9.47 Å². The highest BCUT2D eigenvalue weighted by atomic mass is 16.5. The van der Waals surface area contributed by atoms with Crippen LogP contribution in [-0.4, -0.2) is 25.8 Å². The fourth-order valence-corrected chi connectivity index (χ4v) is 1.82. The summed E-state index contributed by atoms with van der Waals surface area (Å²) in [5, 5.41) is 3.44. The Morgan fingerprint density at radius 2 is 1.95 bits per heavy atom. The van der Waals surface area contributed by atoms with Crippen LogP contribution >= 0.6 is 0 Å². The molecule has 1 aromatic carbocycles. The number of hydrogen-bond acceptors (Lipinski definition) is 3. The molecule has 0 aliphatic heterocycles. The molecule has 3 nitrogen and oxygen atoms in total. The second-order valence-corrected chi connectivity index (χ2v) is 5.79. The third-order valence-corrected chi connectivity index (χ3v) is 2.78. The summed E-state index contributed by atoms with van der Waals surface area (Å²) in [6, 6.07) is 5.99. The molecule has 0 unspecified atom stereocenters. The van der Waals surface area contributed by atoms with E-state index >= 15 is 0 Å². The van der Waals surface area contributed by atoms with Gasteiger partial charge in [0, 0.05) is 5.54 Å². The van der Waals surface area contributed by atoms with Gasteiger partial charge < -0.3 is 14.8 Å². The summed E-state index contributed by atoms with van der Waals surface area (Å²) in [6.07, 6.45) is 5.02. The van der Waals surface area contributed by atoms with Crippen LogP contribution in [0.2, 0.25) is 0 Å². The van der Waals surface area contributed by atoms with E-state index in [0.29, 0.717) is 6.61 Å². The van der Waals surface area contributed by atoms with Crippen molar-refractivity contribution in [1.29, 1.82) is 0 Å². The SMILES string of the molecule is CC=Cc1ccc(OCCCNC(C)(C)C)c(OC)c1. The van der Waals surface area contributed by atoms with Crippen molar-refractivity contribution in [2.75, 3.05) is 20.3 Å². The quantitative estimate of drug-likeness (QED) is 0.767. The lowest BCUT2D eigenvalue weighted by molar-refractivity contribution is 0.281. The molecule has 0 bridgehead atoms. The van der Waals surface area contributed by atoms with Crippen LogP contribution in [0.1, 0.15) is 39.7 Å². The van der Waals surface area contributed by atoms with Crippen molar-refractivity contribution in [2.24, 2.45) is 0 Å². The lowest BCUT2D eigenvalue weighted by Gasteiger charge is -2.20. The van der Waals surface area contributed by atoms with Crippen LogP contribution in [0.4, 0.5) is 0 Å². The Hall–Kier alpha value is -1.48. The molecule has 20 heavy (non-hydrogen) atoms. The Labute approximate surface area is 123 Å². The minimum absolute atomic E-state index is 0.159. The smallest absolute Gasteiger partial charge is 0.161 e. The van der Waals surface area contributed by atoms with E-state index in [2.05, 4.69) is 26.1 Å². The highest BCUT2D eigenvalue weighted by Gasteiger charge is 2.08. The molecule has 0 saturated heterocycles. The van der Waals surface area contributed by atoms with Gasteiger partial charge in [0.05, 0.1) is 13.7 Å². The van der Waals surface area contributed by atoms with Crippen molar-refractivity contribution in [3.05, 3.63) is 29.8 Å². The number of rotatable bonds is 7.